The van der Waals surface area contributed by atoms with Crippen molar-refractivity contribution < 1.29 is 28.3 Å². The number of carbonyl (C=O) groups excluding carboxylic acids is 1. The van der Waals surface area contributed by atoms with E-state index in [0.717, 1.165) is 11.3 Å². The Morgan fingerprint density at radius 2 is 1.67 bits per heavy atom. The van der Waals surface area contributed by atoms with Gasteiger partial charge in [-0.3, -0.25) is 4.79 Å². The van der Waals surface area contributed by atoms with Gasteiger partial charge in [0.2, 0.25) is 24.4 Å². The number of hydrogen-bond acceptors (Lipinski definition) is 8. The van der Waals surface area contributed by atoms with Crippen molar-refractivity contribution in [1.82, 2.24) is 10.1 Å². The summed E-state index contributed by atoms with van der Waals surface area (Å²) in [6.45, 7) is 1.69. The Bertz CT molecular complexity index is 1140. The van der Waals surface area contributed by atoms with Crippen molar-refractivity contribution in [3.05, 3.63) is 42.3 Å². The van der Waals surface area contributed by atoms with Gasteiger partial charge in [0.25, 0.3) is 0 Å². The number of nitrogens with zero attached hydrogens (tertiary/aromatic N) is 3. The van der Waals surface area contributed by atoms with E-state index in [4.69, 9.17) is 23.5 Å². The number of ether oxygens (including phenoxy) is 4. The molecule has 1 saturated heterocycles. The zero-order valence-electron chi connectivity index (χ0n) is 15.9. The normalized spacial score (nSPS) is 19.4. The van der Waals surface area contributed by atoms with E-state index in [0.29, 0.717) is 60.9 Å². The average Bonchev–Trinajstić information content (AvgIpc) is 3.52. The smallest absolute Gasteiger partial charge is 0.232 e. The molecule has 0 bridgehead atoms. The molecule has 0 unspecified atom stereocenters. The van der Waals surface area contributed by atoms with E-state index in [1.165, 1.54) is 0 Å². The van der Waals surface area contributed by atoms with E-state index < -0.39 is 0 Å². The molecular formula is C21H17N3O6. The molecule has 2 aromatic carbocycles. The number of benzene rings is 2. The lowest BCUT2D eigenvalue weighted by Crippen LogP contribution is -2.24. The van der Waals surface area contributed by atoms with Crippen molar-refractivity contribution in [3.63, 3.8) is 0 Å². The van der Waals surface area contributed by atoms with Crippen molar-refractivity contribution in [2.75, 3.05) is 31.5 Å². The topological polar surface area (TPSA) is 96.2 Å². The standard InChI is InChI=1S/C21H17N3O6/c25-19-8-13(10-24(19)14-2-4-15-18(9-14)27-6-5-26-15)21-22-20(23-30-21)12-1-3-16-17(7-12)29-11-28-16/h1-4,7,9,13H,5-6,8,10-11H2/t13-/m0/s1. The second-order valence-electron chi connectivity index (χ2n) is 7.26. The molecule has 1 atom stereocenters. The summed E-state index contributed by atoms with van der Waals surface area (Å²) in [6.07, 6.45) is 0.303. The van der Waals surface area contributed by atoms with E-state index in [2.05, 4.69) is 10.1 Å². The first-order chi connectivity index (χ1) is 14.7. The summed E-state index contributed by atoms with van der Waals surface area (Å²) in [5.74, 6) is 3.40. The van der Waals surface area contributed by atoms with Gasteiger partial charge in [0.05, 0.1) is 5.92 Å². The zero-order chi connectivity index (χ0) is 20.1. The summed E-state index contributed by atoms with van der Waals surface area (Å²) in [5.41, 5.74) is 1.53. The fourth-order valence-corrected chi connectivity index (χ4v) is 3.88. The Kier molecular flexibility index (Phi) is 3.80. The van der Waals surface area contributed by atoms with E-state index in [1.807, 2.05) is 36.4 Å². The van der Waals surface area contributed by atoms with Crippen LogP contribution in [0, 0.1) is 0 Å². The summed E-state index contributed by atoms with van der Waals surface area (Å²) >= 11 is 0. The van der Waals surface area contributed by atoms with Crippen LogP contribution in [0.5, 0.6) is 23.0 Å². The van der Waals surface area contributed by atoms with Crippen LogP contribution in [0.3, 0.4) is 0 Å². The third kappa shape index (κ3) is 2.81. The minimum absolute atomic E-state index is 0.000456. The Hall–Kier alpha value is -3.75. The first-order valence-electron chi connectivity index (χ1n) is 9.68. The Labute approximate surface area is 171 Å². The molecule has 0 saturated carbocycles. The molecule has 1 aromatic heterocycles. The molecule has 4 heterocycles. The highest BCUT2D eigenvalue weighted by atomic mass is 16.7. The highest BCUT2D eigenvalue weighted by Gasteiger charge is 2.35. The highest BCUT2D eigenvalue weighted by Crippen LogP contribution is 2.39. The van der Waals surface area contributed by atoms with Gasteiger partial charge in [-0.05, 0) is 30.3 Å². The van der Waals surface area contributed by atoms with Crippen LogP contribution in [0.15, 0.2) is 40.9 Å². The lowest BCUT2D eigenvalue weighted by molar-refractivity contribution is -0.117. The van der Waals surface area contributed by atoms with Crippen LogP contribution < -0.4 is 23.8 Å². The van der Waals surface area contributed by atoms with Crippen molar-refractivity contribution in [2.45, 2.75) is 12.3 Å². The Balaban J connectivity index is 1.23. The fourth-order valence-electron chi connectivity index (χ4n) is 3.88. The molecule has 1 fully saturated rings. The highest BCUT2D eigenvalue weighted by molar-refractivity contribution is 5.96. The van der Waals surface area contributed by atoms with Crippen molar-refractivity contribution in [1.29, 1.82) is 0 Å². The molecular weight excluding hydrogens is 390 g/mol. The maximum atomic E-state index is 12.7. The predicted molar refractivity (Wildman–Crippen MR) is 103 cm³/mol. The van der Waals surface area contributed by atoms with Gasteiger partial charge in [-0.1, -0.05) is 5.16 Å². The maximum Gasteiger partial charge on any atom is 0.232 e. The first kappa shape index (κ1) is 17.1. The zero-order valence-corrected chi connectivity index (χ0v) is 15.9. The van der Waals surface area contributed by atoms with Crippen LogP contribution in [0.25, 0.3) is 11.4 Å². The van der Waals surface area contributed by atoms with E-state index in [1.54, 1.807) is 4.90 Å². The van der Waals surface area contributed by atoms with Crippen LogP contribution in [0.4, 0.5) is 5.69 Å². The number of rotatable bonds is 3. The summed E-state index contributed by atoms with van der Waals surface area (Å²) in [4.78, 5) is 18.9. The van der Waals surface area contributed by atoms with Gasteiger partial charge < -0.3 is 28.4 Å². The fraction of sp³-hybridized carbons (Fsp3) is 0.286. The van der Waals surface area contributed by atoms with Gasteiger partial charge in [-0.25, -0.2) is 0 Å². The van der Waals surface area contributed by atoms with Gasteiger partial charge >= 0.3 is 0 Å². The van der Waals surface area contributed by atoms with Crippen LogP contribution in [-0.4, -0.2) is 42.6 Å². The first-order valence-corrected chi connectivity index (χ1v) is 9.68. The molecule has 152 valence electrons. The van der Waals surface area contributed by atoms with Gasteiger partial charge in [-0.15, -0.1) is 0 Å². The largest absolute Gasteiger partial charge is 0.486 e. The molecule has 1 amide bonds. The lowest BCUT2D eigenvalue weighted by Gasteiger charge is -2.22. The summed E-state index contributed by atoms with van der Waals surface area (Å²) in [6, 6.07) is 11.0. The molecule has 3 aliphatic heterocycles. The number of fused-ring (bicyclic) bond motifs is 2. The van der Waals surface area contributed by atoms with E-state index in [-0.39, 0.29) is 18.6 Å². The van der Waals surface area contributed by atoms with Crippen LogP contribution >= 0.6 is 0 Å². The van der Waals surface area contributed by atoms with Crippen molar-refractivity contribution in [3.8, 4) is 34.4 Å². The van der Waals surface area contributed by atoms with E-state index in [9.17, 15) is 4.79 Å². The number of hydrogen-bond donors (Lipinski definition) is 0. The Morgan fingerprint density at radius 1 is 0.900 bits per heavy atom. The predicted octanol–water partition coefficient (Wildman–Crippen LogP) is 2.76. The second kappa shape index (κ2) is 6.65. The second-order valence-corrected chi connectivity index (χ2v) is 7.26. The SMILES string of the molecule is O=C1C[C@H](c2nc(-c3ccc4c(c3)OCO4)no2)CN1c1ccc2c(c1)OCCO2. The quantitative estimate of drug-likeness (QED) is 0.654. The van der Waals surface area contributed by atoms with Crippen LogP contribution in [0.1, 0.15) is 18.2 Å². The summed E-state index contributed by atoms with van der Waals surface area (Å²) < 4.78 is 27.4. The van der Waals surface area contributed by atoms with Gasteiger partial charge in [0.15, 0.2) is 23.0 Å². The number of amides is 1. The van der Waals surface area contributed by atoms with Crippen LogP contribution in [0.2, 0.25) is 0 Å². The third-order valence-electron chi connectivity index (χ3n) is 5.38. The van der Waals surface area contributed by atoms with Crippen molar-refractivity contribution in [2.24, 2.45) is 0 Å². The van der Waals surface area contributed by atoms with Gasteiger partial charge in [0.1, 0.15) is 13.2 Å². The average molecular weight is 407 g/mol. The molecule has 0 N–H and O–H groups in total. The monoisotopic (exact) mass is 407 g/mol. The molecule has 3 aliphatic rings. The lowest BCUT2D eigenvalue weighted by atomic mass is 10.1. The molecule has 3 aromatic rings. The van der Waals surface area contributed by atoms with E-state index >= 15 is 0 Å². The summed E-state index contributed by atoms with van der Waals surface area (Å²) in [5, 5.41) is 4.09. The Morgan fingerprint density at radius 3 is 2.60 bits per heavy atom. The van der Waals surface area contributed by atoms with Crippen molar-refractivity contribution >= 4 is 11.6 Å². The maximum absolute atomic E-state index is 12.7. The minimum atomic E-state index is -0.180. The number of aromatic nitrogens is 2. The summed E-state index contributed by atoms with van der Waals surface area (Å²) in [7, 11) is 0. The van der Waals surface area contributed by atoms with Gasteiger partial charge in [-0.2, -0.15) is 4.98 Å². The molecule has 30 heavy (non-hydrogen) atoms. The van der Waals surface area contributed by atoms with Gasteiger partial charge in [0, 0.05) is 30.3 Å². The molecule has 6 rings (SSSR count). The third-order valence-corrected chi connectivity index (χ3v) is 5.38. The minimum Gasteiger partial charge on any atom is -0.486 e. The molecule has 9 heteroatoms. The number of anilines is 1. The van der Waals surface area contributed by atoms with Crippen LogP contribution in [-0.2, 0) is 4.79 Å². The molecule has 0 aliphatic carbocycles. The molecule has 9 nitrogen and oxygen atoms in total. The molecule has 0 spiro atoms. The number of carbonyl (C=O) groups is 1. The molecule has 0 radical (unpaired) electrons.